The molecule has 1 saturated heterocycles. The second-order valence-electron chi connectivity index (χ2n) is 6.53. The van der Waals surface area contributed by atoms with Crippen LogP contribution in [0.25, 0.3) is 11.5 Å². The summed E-state index contributed by atoms with van der Waals surface area (Å²) >= 11 is 6.22. The third-order valence-corrected chi connectivity index (χ3v) is 5.08. The van der Waals surface area contributed by atoms with Crippen molar-refractivity contribution in [3.63, 3.8) is 0 Å². The van der Waals surface area contributed by atoms with E-state index < -0.39 is 0 Å². The van der Waals surface area contributed by atoms with Crippen LogP contribution in [-0.4, -0.2) is 41.7 Å². The molecule has 4 rings (SSSR count). The number of benzene rings is 2. The molecule has 3 aromatic rings. The lowest BCUT2D eigenvalue weighted by Gasteiger charge is -2.30. The van der Waals surface area contributed by atoms with Crippen molar-refractivity contribution in [3.8, 4) is 17.2 Å². The maximum atomic E-state index is 6.22. The number of para-hydroxylation sites is 1. The minimum Gasteiger partial charge on any atom is -0.488 e. The minimum atomic E-state index is 0.104. The maximum absolute atomic E-state index is 6.22. The fourth-order valence-electron chi connectivity index (χ4n) is 3.11. The molecule has 0 aliphatic carbocycles. The Labute approximate surface area is 163 Å². The van der Waals surface area contributed by atoms with Crippen LogP contribution in [0.5, 0.6) is 5.75 Å². The number of likely N-dealkylation sites (N-methyl/N-ethyl adjacent to an activating group) is 1. The van der Waals surface area contributed by atoms with Gasteiger partial charge in [0, 0.05) is 30.2 Å². The first-order chi connectivity index (χ1) is 13.2. The Morgan fingerprint density at radius 2 is 2.04 bits per heavy atom. The topological polar surface area (TPSA) is 63.4 Å². The van der Waals surface area contributed by atoms with Crippen LogP contribution in [0.4, 0.5) is 0 Å². The van der Waals surface area contributed by atoms with Crippen molar-refractivity contribution < 1.29 is 9.26 Å². The zero-order chi connectivity index (χ0) is 18.6. The Hall–Kier alpha value is -2.41. The van der Waals surface area contributed by atoms with E-state index in [-0.39, 0.29) is 6.04 Å². The number of piperazine rings is 1. The Bertz CT molecular complexity index is 914. The highest BCUT2D eigenvalue weighted by molar-refractivity contribution is 6.31. The molecular formula is C20H21ClN4O2. The Balaban J connectivity index is 1.55. The van der Waals surface area contributed by atoms with Crippen LogP contribution >= 0.6 is 11.6 Å². The van der Waals surface area contributed by atoms with Crippen molar-refractivity contribution in [2.45, 2.75) is 12.6 Å². The number of nitrogens with zero attached hydrogens (tertiary/aromatic N) is 3. The van der Waals surface area contributed by atoms with E-state index in [4.69, 9.17) is 20.9 Å². The number of nitrogens with one attached hydrogen (secondary N) is 1. The summed E-state index contributed by atoms with van der Waals surface area (Å²) in [5.74, 6) is 1.82. The summed E-state index contributed by atoms with van der Waals surface area (Å²) in [6.45, 7) is 3.09. The van der Waals surface area contributed by atoms with Crippen molar-refractivity contribution in [2.75, 3.05) is 26.7 Å². The predicted molar refractivity (Wildman–Crippen MR) is 104 cm³/mol. The summed E-state index contributed by atoms with van der Waals surface area (Å²) in [5.41, 5.74) is 1.70. The molecule has 7 heteroatoms. The van der Waals surface area contributed by atoms with Gasteiger partial charge in [0.15, 0.2) is 5.82 Å². The lowest BCUT2D eigenvalue weighted by Crippen LogP contribution is -2.44. The van der Waals surface area contributed by atoms with Gasteiger partial charge < -0.3 is 14.6 Å². The predicted octanol–water partition coefficient (Wildman–Crippen LogP) is 3.55. The highest BCUT2D eigenvalue weighted by Crippen LogP contribution is 2.31. The molecule has 2 heterocycles. The third kappa shape index (κ3) is 3.98. The lowest BCUT2D eigenvalue weighted by atomic mass is 10.2. The summed E-state index contributed by atoms with van der Waals surface area (Å²) in [4.78, 5) is 6.85. The summed E-state index contributed by atoms with van der Waals surface area (Å²) in [6.07, 6.45) is 0. The van der Waals surface area contributed by atoms with Crippen LogP contribution in [0.2, 0.25) is 5.02 Å². The number of hydrogen-bond donors (Lipinski definition) is 1. The second-order valence-corrected chi connectivity index (χ2v) is 6.94. The van der Waals surface area contributed by atoms with Gasteiger partial charge in [-0.1, -0.05) is 47.1 Å². The first-order valence-corrected chi connectivity index (χ1v) is 9.30. The number of rotatable bonds is 5. The van der Waals surface area contributed by atoms with Gasteiger partial charge in [-0.3, -0.25) is 4.90 Å². The Kier molecular flexibility index (Phi) is 5.38. The Morgan fingerprint density at radius 3 is 2.89 bits per heavy atom. The minimum absolute atomic E-state index is 0.104. The fraction of sp³-hybridized carbons (Fsp3) is 0.300. The average molecular weight is 385 g/mol. The maximum Gasteiger partial charge on any atom is 0.261 e. The zero-order valence-electron chi connectivity index (χ0n) is 15.1. The molecule has 0 spiro atoms. The molecule has 1 aliphatic rings. The zero-order valence-corrected chi connectivity index (χ0v) is 15.8. The van der Waals surface area contributed by atoms with Crippen molar-refractivity contribution in [1.29, 1.82) is 0 Å². The number of aromatic nitrogens is 2. The van der Waals surface area contributed by atoms with Crippen LogP contribution in [0.3, 0.4) is 0 Å². The number of ether oxygens (including phenoxy) is 1. The van der Waals surface area contributed by atoms with E-state index in [1.807, 2.05) is 48.5 Å². The van der Waals surface area contributed by atoms with Crippen LogP contribution in [-0.2, 0) is 6.61 Å². The van der Waals surface area contributed by atoms with Gasteiger partial charge in [0.05, 0.1) is 11.6 Å². The highest BCUT2D eigenvalue weighted by atomic mass is 35.5. The molecule has 27 heavy (non-hydrogen) atoms. The third-order valence-electron chi connectivity index (χ3n) is 4.71. The quantitative estimate of drug-likeness (QED) is 0.725. The van der Waals surface area contributed by atoms with Crippen molar-refractivity contribution >= 4 is 11.6 Å². The molecule has 0 bridgehead atoms. The molecule has 0 saturated carbocycles. The molecule has 2 aromatic carbocycles. The average Bonchev–Trinajstić information content (AvgIpc) is 3.18. The van der Waals surface area contributed by atoms with E-state index in [0.29, 0.717) is 29.1 Å². The van der Waals surface area contributed by atoms with E-state index in [9.17, 15) is 0 Å². The van der Waals surface area contributed by atoms with Crippen molar-refractivity contribution in [3.05, 3.63) is 64.9 Å². The van der Waals surface area contributed by atoms with Crippen molar-refractivity contribution in [2.24, 2.45) is 0 Å². The van der Waals surface area contributed by atoms with Gasteiger partial charge in [0.25, 0.3) is 5.89 Å². The first-order valence-electron chi connectivity index (χ1n) is 8.92. The molecule has 1 atom stereocenters. The molecule has 6 nitrogen and oxygen atoms in total. The van der Waals surface area contributed by atoms with Crippen LogP contribution in [0.1, 0.15) is 17.4 Å². The molecule has 140 valence electrons. The van der Waals surface area contributed by atoms with Gasteiger partial charge in [0.1, 0.15) is 12.4 Å². The largest absolute Gasteiger partial charge is 0.488 e. The van der Waals surface area contributed by atoms with Crippen molar-refractivity contribution in [1.82, 2.24) is 20.4 Å². The fourth-order valence-corrected chi connectivity index (χ4v) is 3.30. The summed E-state index contributed by atoms with van der Waals surface area (Å²) in [5, 5.41) is 8.25. The molecule has 1 aromatic heterocycles. The van der Waals surface area contributed by atoms with Gasteiger partial charge in [-0.05, 0) is 25.2 Å². The first kappa shape index (κ1) is 18.0. The van der Waals surface area contributed by atoms with Gasteiger partial charge in [0.2, 0.25) is 0 Å². The van der Waals surface area contributed by atoms with E-state index in [2.05, 4.69) is 27.4 Å². The normalized spacial score (nSPS) is 17.8. The monoisotopic (exact) mass is 384 g/mol. The summed E-state index contributed by atoms with van der Waals surface area (Å²) < 4.78 is 11.5. The van der Waals surface area contributed by atoms with E-state index in [0.717, 1.165) is 30.8 Å². The van der Waals surface area contributed by atoms with E-state index >= 15 is 0 Å². The smallest absolute Gasteiger partial charge is 0.261 e. The van der Waals surface area contributed by atoms with Gasteiger partial charge in [-0.25, -0.2) is 0 Å². The molecule has 0 amide bonds. The number of hydrogen-bond acceptors (Lipinski definition) is 6. The van der Waals surface area contributed by atoms with E-state index in [1.165, 1.54) is 0 Å². The second kappa shape index (κ2) is 8.08. The van der Waals surface area contributed by atoms with E-state index in [1.54, 1.807) is 0 Å². The van der Waals surface area contributed by atoms with Crippen LogP contribution < -0.4 is 10.1 Å². The van der Waals surface area contributed by atoms with Crippen LogP contribution in [0.15, 0.2) is 53.1 Å². The standard InChI is InChI=1S/C20H21ClN4O2/c1-25-11-10-22-12-17(25)19-23-20(27-24-19)15-7-3-5-9-18(15)26-13-14-6-2-4-8-16(14)21/h2-9,17,22H,10-13H2,1H3. The van der Waals surface area contributed by atoms with Gasteiger partial charge in [-0.2, -0.15) is 4.98 Å². The summed E-state index contributed by atoms with van der Waals surface area (Å²) in [6, 6.07) is 15.4. The molecular weight excluding hydrogens is 364 g/mol. The van der Waals surface area contributed by atoms with Gasteiger partial charge in [-0.15, -0.1) is 0 Å². The SMILES string of the molecule is CN1CCNCC1c1noc(-c2ccccc2OCc2ccccc2Cl)n1. The Morgan fingerprint density at radius 1 is 1.22 bits per heavy atom. The highest BCUT2D eigenvalue weighted by Gasteiger charge is 2.26. The van der Waals surface area contributed by atoms with Gasteiger partial charge >= 0.3 is 0 Å². The molecule has 1 fully saturated rings. The molecule has 1 aliphatic heterocycles. The van der Waals surface area contributed by atoms with Crippen LogP contribution in [0, 0.1) is 0 Å². The molecule has 0 radical (unpaired) electrons. The lowest BCUT2D eigenvalue weighted by molar-refractivity contribution is 0.190. The number of halogens is 1. The molecule has 1 N–H and O–H groups in total. The summed E-state index contributed by atoms with van der Waals surface area (Å²) in [7, 11) is 2.07. The molecule has 1 unspecified atom stereocenters.